The Kier molecular flexibility index (Phi) is 3.53. The number of rotatable bonds is 3. The van der Waals surface area contributed by atoms with Crippen molar-refractivity contribution in [2.75, 3.05) is 25.1 Å². The molecule has 0 saturated carbocycles. The quantitative estimate of drug-likeness (QED) is 0.325. The van der Waals surface area contributed by atoms with Crippen molar-refractivity contribution in [3.8, 4) is 5.75 Å². The van der Waals surface area contributed by atoms with Crippen LogP contribution in [-0.4, -0.2) is 41.9 Å². The molecule has 0 aliphatic carbocycles. The lowest BCUT2D eigenvalue weighted by atomic mass is 10.1. The molecule has 1 aromatic rings. The molecular weight excluding hydrogens is 246 g/mol. The summed E-state index contributed by atoms with van der Waals surface area (Å²) in [4.78, 5) is 2.01. The number of hydrogen-bond acceptors (Lipinski definition) is 5. The average molecular weight is 265 g/mol. The van der Waals surface area contributed by atoms with E-state index in [1.807, 2.05) is 11.0 Å². The Morgan fingerprint density at radius 3 is 2.79 bits per heavy atom. The van der Waals surface area contributed by atoms with Crippen LogP contribution in [0.15, 0.2) is 23.4 Å². The first kappa shape index (κ1) is 13.5. The number of nitrogens with zero attached hydrogens (tertiary/aromatic N) is 2. The Morgan fingerprint density at radius 1 is 1.53 bits per heavy atom. The molecule has 1 unspecified atom stereocenters. The third-order valence-corrected chi connectivity index (χ3v) is 3.38. The minimum Gasteiger partial charge on any atom is -0.497 e. The lowest BCUT2D eigenvalue weighted by Gasteiger charge is -2.23. The van der Waals surface area contributed by atoms with Crippen molar-refractivity contribution in [1.29, 1.82) is 0 Å². The standard InChI is InChI=1S/C13H19N3O3/c1-13(17)5-6-16(8-13)11-7-9(19-2)3-4-10(11)12(14)15-18/h3-4,7,17-18H,5-6,8H2,1-2H3,(H2,14,15). The molecule has 4 N–H and O–H groups in total. The molecule has 1 aromatic carbocycles. The molecule has 1 heterocycles. The predicted molar refractivity (Wildman–Crippen MR) is 73.0 cm³/mol. The topological polar surface area (TPSA) is 91.3 Å². The molecule has 1 atom stereocenters. The molecule has 0 bridgehead atoms. The maximum atomic E-state index is 10.1. The van der Waals surface area contributed by atoms with Gasteiger partial charge in [0, 0.05) is 24.7 Å². The third kappa shape index (κ3) is 2.73. The van der Waals surface area contributed by atoms with E-state index in [9.17, 15) is 5.11 Å². The van der Waals surface area contributed by atoms with Crippen molar-refractivity contribution >= 4 is 11.5 Å². The Morgan fingerprint density at radius 2 is 2.26 bits per heavy atom. The van der Waals surface area contributed by atoms with Crippen LogP contribution in [0.2, 0.25) is 0 Å². The second kappa shape index (κ2) is 4.97. The molecule has 1 saturated heterocycles. The SMILES string of the molecule is COc1ccc(/C(N)=N/O)c(N2CCC(C)(O)C2)c1. The van der Waals surface area contributed by atoms with Crippen molar-refractivity contribution in [3.63, 3.8) is 0 Å². The number of anilines is 1. The first-order valence-corrected chi connectivity index (χ1v) is 6.10. The molecule has 0 spiro atoms. The van der Waals surface area contributed by atoms with E-state index in [0.29, 0.717) is 30.8 Å². The minimum absolute atomic E-state index is 0.0456. The Balaban J connectivity index is 2.42. The van der Waals surface area contributed by atoms with E-state index >= 15 is 0 Å². The number of hydrogen-bond donors (Lipinski definition) is 3. The van der Waals surface area contributed by atoms with Crippen molar-refractivity contribution in [2.45, 2.75) is 18.9 Å². The van der Waals surface area contributed by atoms with E-state index in [1.54, 1.807) is 26.2 Å². The van der Waals surface area contributed by atoms with Crippen LogP contribution in [0.3, 0.4) is 0 Å². The van der Waals surface area contributed by atoms with Gasteiger partial charge in [0.2, 0.25) is 0 Å². The number of amidine groups is 1. The van der Waals surface area contributed by atoms with Crippen molar-refractivity contribution in [3.05, 3.63) is 23.8 Å². The first-order chi connectivity index (χ1) is 8.96. The lowest BCUT2D eigenvalue weighted by molar-refractivity contribution is 0.0839. The minimum atomic E-state index is -0.717. The van der Waals surface area contributed by atoms with Gasteiger partial charge >= 0.3 is 0 Å². The van der Waals surface area contributed by atoms with Gasteiger partial charge in [-0.2, -0.15) is 0 Å². The number of benzene rings is 1. The first-order valence-electron chi connectivity index (χ1n) is 6.10. The Labute approximate surface area is 112 Å². The molecule has 1 aliphatic rings. The van der Waals surface area contributed by atoms with Crippen molar-refractivity contribution in [1.82, 2.24) is 0 Å². The van der Waals surface area contributed by atoms with E-state index < -0.39 is 5.60 Å². The van der Waals surface area contributed by atoms with Crippen LogP contribution in [-0.2, 0) is 0 Å². The number of ether oxygens (including phenoxy) is 1. The fourth-order valence-corrected chi connectivity index (χ4v) is 2.32. The second-order valence-corrected chi connectivity index (χ2v) is 5.04. The van der Waals surface area contributed by atoms with Gasteiger partial charge in [-0.3, -0.25) is 0 Å². The zero-order valence-electron chi connectivity index (χ0n) is 11.1. The van der Waals surface area contributed by atoms with Gasteiger partial charge in [-0.1, -0.05) is 5.16 Å². The number of methoxy groups -OCH3 is 1. The molecule has 0 radical (unpaired) electrons. The van der Waals surface area contributed by atoms with Crippen molar-refractivity contribution < 1.29 is 15.1 Å². The number of β-amino-alcohol motifs (C(OH)–C–C–N with tert-alkyl or cyclic N) is 1. The van der Waals surface area contributed by atoms with Gasteiger partial charge in [0.1, 0.15) is 5.75 Å². The van der Waals surface area contributed by atoms with Gasteiger partial charge in [-0.15, -0.1) is 0 Å². The van der Waals surface area contributed by atoms with Crippen LogP contribution in [0.5, 0.6) is 5.75 Å². The largest absolute Gasteiger partial charge is 0.497 e. The fourth-order valence-electron chi connectivity index (χ4n) is 2.32. The molecule has 1 fully saturated rings. The summed E-state index contributed by atoms with van der Waals surface area (Å²) in [6.45, 7) is 3.02. The number of oxime groups is 1. The van der Waals surface area contributed by atoms with Gasteiger partial charge in [-0.25, -0.2) is 0 Å². The highest BCUT2D eigenvalue weighted by Gasteiger charge is 2.32. The highest BCUT2D eigenvalue weighted by atomic mass is 16.5. The summed E-state index contributed by atoms with van der Waals surface area (Å²) < 4.78 is 5.20. The Bertz CT molecular complexity index is 500. The van der Waals surface area contributed by atoms with Gasteiger partial charge in [0.15, 0.2) is 5.84 Å². The van der Waals surface area contributed by atoms with Crippen LogP contribution in [0.1, 0.15) is 18.9 Å². The molecular formula is C13H19N3O3. The molecule has 2 rings (SSSR count). The second-order valence-electron chi connectivity index (χ2n) is 5.04. The maximum absolute atomic E-state index is 10.1. The van der Waals surface area contributed by atoms with E-state index in [4.69, 9.17) is 15.7 Å². The normalized spacial score (nSPS) is 23.7. The van der Waals surface area contributed by atoms with E-state index in [1.165, 1.54) is 0 Å². The fraction of sp³-hybridized carbons (Fsp3) is 0.462. The Hall–Kier alpha value is -1.95. The van der Waals surface area contributed by atoms with Crippen LogP contribution in [0.25, 0.3) is 0 Å². The summed E-state index contributed by atoms with van der Waals surface area (Å²) in [6.07, 6.45) is 0.680. The monoisotopic (exact) mass is 265 g/mol. The molecule has 0 amide bonds. The average Bonchev–Trinajstić information content (AvgIpc) is 2.77. The number of aliphatic hydroxyl groups is 1. The van der Waals surface area contributed by atoms with Gasteiger partial charge in [0.25, 0.3) is 0 Å². The summed E-state index contributed by atoms with van der Waals surface area (Å²) in [5.41, 5.74) is 6.40. The zero-order chi connectivity index (χ0) is 14.0. The predicted octanol–water partition coefficient (Wildman–Crippen LogP) is 0.751. The lowest BCUT2D eigenvalue weighted by Crippen LogP contribution is -2.31. The summed E-state index contributed by atoms with van der Waals surface area (Å²) in [7, 11) is 1.59. The van der Waals surface area contributed by atoms with Gasteiger partial charge < -0.3 is 25.7 Å². The summed E-state index contributed by atoms with van der Waals surface area (Å²) in [6, 6.07) is 5.33. The van der Waals surface area contributed by atoms with Gasteiger partial charge in [0.05, 0.1) is 18.4 Å². The summed E-state index contributed by atoms with van der Waals surface area (Å²) in [5, 5.41) is 22.0. The van der Waals surface area contributed by atoms with Crippen LogP contribution < -0.4 is 15.4 Å². The molecule has 6 nitrogen and oxygen atoms in total. The van der Waals surface area contributed by atoms with Crippen molar-refractivity contribution in [2.24, 2.45) is 10.9 Å². The summed E-state index contributed by atoms with van der Waals surface area (Å²) >= 11 is 0. The third-order valence-electron chi connectivity index (χ3n) is 3.38. The van der Waals surface area contributed by atoms with E-state index in [-0.39, 0.29) is 5.84 Å². The molecule has 19 heavy (non-hydrogen) atoms. The summed E-state index contributed by atoms with van der Waals surface area (Å²) in [5.74, 6) is 0.736. The maximum Gasteiger partial charge on any atom is 0.172 e. The highest BCUT2D eigenvalue weighted by molar-refractivity contribution is 6.02. The molecule has 6 heteroatoms. The molecule has 0 aromatic heterocycles. The number of nitrogens with two attached hydrogens (primary N) is 1. The van der Waals surface area contributed by atoms with E-state index in [0.717, 1.165) is 5.69 Å². The van der Waals surface area contributed by atoms with Crippen LogP contribution in [0.4, 0.5) is 5.69 Å². The zero-order valence-corrected chi connectivity index (χ0v) is 11.1. The van der Waals surface area contributed by atoms with E-state index in [2.05, 4.69) is 5.16 Å². The molecule has 104 valence electrons. The highest BCUT2D eigenvalue weighted by Crippen LogP contribution is 2.31. The van der Waals surface area contributed by atoms with Crippen LogP contribution >= 0.6 is 0 Å². The molecule has 1 aliphatic heterocycles. The smallest absolute Gasteiger partial charge is 0.172 e. The van der Waals surface area contributed by atoms with Crippen LogP contribution in [0, 0.1) is 0 Å². The van der Waals surface area contributed by atoms with Gasteiger partial charge in [-0.05, 0) is 25.5 Å².